The topological polar surface area (TPSA) is 146 Å². The van der Waals surface area contributed by atoms with Crippen LogP contribution in [0.4, 0.5) is 0 Å². The molecule has 0 bridgehead atoms. The van der Waals surface area contributed by atoms with Crippen molar-refractivity contribution in [1.82, 2.24) is 29.6 Å². The van der Waals surface area contributed by atoms with Crippen molar-refractivity contribution in [2.75, 3.05) is 39.3 Å². The molecule has 2 aromatic heterocycles. The summed E-state index contributed by atoms with van der Waals surface area (Å²) in [7, 11) is 0. The molecule has 4 heterocycles. The fourth-order valence-corrected chi connectivity index (χ4v) is 10.0. The second-order valence-electron chi connectivity index (χ2n) is 18.8. The standard InChI is InChI=1S/2C27H35N3O2.2ClH.H2O/c2*1-18(2)30-20(4)26(23-17-25(31)19(3)16-24(23)30)27(32)28-22-11-14-29(15-12-22)13-10-21-8-6-5-7-9-21;;;/h2*5-9,16-18,22,31H,10-15H2,1-4H3,(H,28,32);2*1H;1H2. The van der Waals surface area contributed by atoms with E-state index >= 15 is 0 Å². The molecule has 67 heavy (non-hydrogen) atoms. The number of carbonyl (C=O) groups excluding carboxylic acids is 2. The third-order valence-electron chi connectivity index (χ3n) is 13.6. The van der Waals surface area contributed by atoms with E-state index in [0.717, 1.165) is 122 Å². The smallest absolute Gasteiger partial charge is 0.253 e. The van der Waals surface area contributed by atoms with E-state index in [-0.39, 0.29) is 77.8 Å². The van der Waals surface area contributed by atoms with Gasteiger partial charge in [-0.2, -0.15) is 0 Å². The van der Waals surface area contributed by atoms with E-state index in [1.54, 1.807) is 12.1 Å². The Labute approximate surface area is 410 Å². The van der Waals surface area contributed by atoms with Crippen LogP contribution in [0.1, 0.15) is 120 Å². The molecule has 2 aliphatic rings. The van der Waals surface area contributed by atoms with E-state index in [4.69, 9.17) is 0 Å². The number of nitrogens with zero attached hydrogens (tertiary/aromatic N) is 4. The van der Waals surface area contributed by atoms with Gasteiger partial charge in [-0.25, -0.2) is 0 Å². The van der Waals surface area contributed by atoms with Gasteiger partial charge in [0.15, 0.2) is 0 Å². The first-order valence-electron chi connectivity index (χ1n) is 23.5. The van der Waals surface area contributed by atoms with Crippen molar-refractivity contribution < 1.29 is 25.3 Å². The minimum Gasteiger partial charge on any atom is -0.508 e. The Bertz CT molecular complexity index is 2380. The van der Waals surface area contributed by atoms with Gasteiger partial charge in [0, 0.05) is 96.6 Å². The van der Waals surface area contributed by atoms with Crippen LogP contribution in [0.15, 0.2) is 84.9 Å². The zero-order valence-electron chi connectivity index (χ0n) is 40.7. The molecular formula is C54H74Cl2N6O5. The lowest BCUT2D eigenvalue weighted by molar-refractivity contribution is 0.0903. The number of amides is 2. The van der Waals surface area contributed by atoms with Crippen molar-refractivity contribution in [3.05, 3.63) is 130 Å². The van der Waals surface area contributed by atoms with Crippen molar-refractivity contribution >= 4 is 58.4 Å². The van der Waals surface area contributed by atoms with Crippen LogP contribution in [0.5, 0.6) is 11.5 Å². The van der Waals surface area contributed by atoms with Crippen LogP contribution in [-0.4, -0.2) is 97.8 Å². The molecule has 0 aliphatic carbocycles. The number of hydrogen-bond acceptors (Lipinski definition) is 6. The number of benzene rings is 4. The Morgan fingerprint density at radius 3 is 1.21 bits per heavy atom. The Balaban J connectivity index is 0.000000280. The van der Waals surface area contributed by atoms with Gasteiger partial charge >= 0.3 is 0 Å². The van der Waals surface area contributed by atoms with E-state index < -0.39 is 0 Å². The second-order valence-corrected chi connectivity index (χ2v) is 18.8. The van der Waals surface area contributed by atoms with E-state index in [0.29, 0.717) is 11.1 Å². The van der Waals surface area contributed by atoms with Crippen LogP contribution in [0.3, 0.4) is 0 Å². The number of phenols is 2. The molecule has 2 fully saturated rings. The van der Waals surface area contributed by atoms with Crippen LogP contribution in [-0.2, 0) is 12.8 Å². The number of fused-ring (bicyclic) bond motifs is 2. The molecule has 8 rings (SSSR count). The number of hydrogen-bond donors (Lipinski definition) is 4. The normalized spacial score (nSPS) is 14.8. The van der Waals surface area contributed by atoms with Crippen LogP contribution in [0, 0.1) is 27.7 Å². The molecule has 2 saturated heterocycles. The van der Waals surface area contributed by atoms with E-state index in [9.17, 15) is 19.8 Å². The second kappa shape index (κ2) is 24.3. The SMILES string of the molecule is Cc1cc2c(cc1O)c(C(=O)NC1CCN(CCc3ccccc3)CC1)c(C)n2C(C)C.Cc1cc2c(cc1O)c(C(=O)NC1CCN(CCc3ccccc3)CC1)c(C)n2C(C)C.Cl.Cl.O. The molecule has 11 nitrogen and oxygen atoms in total. The van der Waals surface area contributed by atoms with Crippen LogP contribution in [0.25, 0.3) is 21.8 Å². The van der Waals surface area contributed by atoms with Crippen LogP contribution >= 0.6 is 24.8 Å². The average molecular weight is 958 g/mol. The highest BCUT2D eigenvalue weighted by atomic mass is 35.5. The lowest BCUT2D eigenvalue weighted by Gasteiger charge is -2.32. The molecule has 2 aliphatic heterocycles. The number of likely N-dealkylation sites (tertiary alicyclic amines) is 2. The number of aryl methyl sites for hydroxylation is 2. The third kappa shape index (κ3) is 12.7. The highest BCUT2D eigenvalue weighted by molar-refractivity contribution is 6.10. The number of halogens is 2. The van der Waals surface area contributed by atoms with Gasteiger partial charge in [0.05, 0.1) is 11.1 Å². The quantitative estimate of drug-likeness (QED) is 0.0961. The van der Waals surface area contributed by atoms with Crippen molar-refractivity contribution in [3.63, 3.8) is 0 Å². The molecule has 0 spiro atoms. The van der Waals surface area contributed by atoms with Gasteiger partial charge in [0.2, 0.25) is 0 Å². The lowest BCUT2D eigenvalue weighted by Crippen LogP contribution is -2.45. The highest BCUT2D eigenvalue weighted by Crippen LogP contribution is 2.35. The summed E-state index contributed by atoms with van der Waals surface area (Å²) in [4.78, 5) is 31.7. The third-order valence-corrected chi connectivity index (χ3v) is 13.6. The van der Waals surface area contributed by atoms with E-state index in [1.807, 2.05) is 39.8 Å². The molecule has 0 atom stereocenters. The molecular weight excluding hydrogens is 884 g/mol. The number of aromatic nitrogens is 2. The van der Waals surface area contributed by atoms with E-state index in [2.05, 4.69) is 118 Å². The summed E-state index contributed by atoms with van der Waals surface area (Å²) >= 11 is 0. The minimum absolute atomic E-state index is 0. The van der Waals surface area contributed by atoms with Crippen LogP contribution in [0.2, 0.25) is 0 Å². The summed E-state index contributed by atoms with van der Waals surface area (Å²) in [6, 6.07) is 29.5. The van der Waals surface area contributed by atoms with Crippen molar-refractivity contribution in [2.24, 2.45) is 0 Å². The largest absolute Gasteiger partial charge is 0.508 e. The molecule has 4 aromatic carbocycles. The summed E-state index contributed by atoms with van der Waals surface area (Å²) in [6.07, 6.45) is 5.99. The van der Waals surface area contributed by atoms with E-state index in [1.165, 1.54) is 11.1 Å². The zero-order chi connectivity index (χ0) is 45.7. The summed E-state index contributed by atoms with van der Waals surface area (Å²) in [5.41, 5.74) is 9.71. The van der Waals surface area contributed by atoms with Gasteiger partial charge in [0.1, 0.15) is 11.5 Å². The monoisotopic (exact) mass is 957 g/mol. The zero-order valence-corrected chi connectivity index (χ0v) is 42.3. The molecule has 13 heteroatoms. The van der Waals surface area contributed by atoms with Gasteiger partial charge in [-0.15, -0.1) is 24.8 Å². The number of aromatic hydroxyl groups is 2. The summed E-state index contributed by atoms with van der Waals surface area (Å²) in [5, 5.41) is 28.8. The number of carbonyl (C=O) groups is 2. The Kier molecular flexibility index (Phi) is 19.8. The lowest BCUT2D eigenvalue weighted by atomic mass is 10.0. The predicted molar refractivity (Wildman–Crippen MR) is 279 cm³/mol. The predicted octanol–water partition coefficient (Wildman–Crippen LogP) is 9.98. The molecule has 364 valence electrons. The number of phenolic OH excluding ortho intramolecular Hbond substituents is 2. The number of nitrogens with one attached hydrogen (secondary N) is 2. The molecule has 0 unspecified atom stereocenters. The van der Waals surface area contributed by atoms with Crippen molar-refractivity contribution in [2.45, 2.75) is 118 Å². The maximum absolute atomic E-state index is 13.4. The van der Waals surface area contributed by atoms with Crippen LogP contribution < -0.4 is 10.6 Å². The van der Waals surface area contributed by atoms with Crippen molar-refractivity contribution in [1.29, 1.82) is 0 Å². The Morgan fingerprint density at radius 1 is 0.567 bits per heavy atom. The Hall–Kier alpha value is -5.04. The molecule has 2 amide bonds. The van der Waals surface area contributed by atoms with Gasteiger partial charge in [-0.05, 0) is 140 Å². The molecule has 6 aromatic rings. The maximum atomic E-state index is 13.4. The Morgan fingerprint density at radius 2 is 0.896 bits per heavy atom. The molecule has 0 radical (unpaired) electrons. The minimum atomic E-state index is -0.0297. The summed E-state index contributed by atoms with van der Waals surface area (Å²) in [5.74, 6) is 0.411. The maximum Gasteiger partial charge on any atom is 0.253 e. The fourth-order valence-electron chi connectivity index (χ4n) is 10.0. The molecule has 0 saturated carbocycles. The van der Waals surface area contributed by atoms with Gasteiger partial charge in [0.25, 0.3) is 11.8 Å². The average Bonchev–Trinajstić information content (AvgIpc) is 3.72. The number of piperidine rings is 2. The van der Waals surface area contributed by atoms with Gasteiger partial charge < -0.3 is 45.3 Å². The highest BCUT2D eigenvalue weighted by Gasteiger charge is 2.28. The van der Waals surface area contributed by atoms with Gasteiger partial charge in [-0.3, -0.25) is 9.59 Å². The summed E-state index contributed by atoms with van der Waals surface area (Å²) in [6.45, 7) is 22.5. The first kappa shape index (κ1) is 54.6. The number of rotatable bonds is 12. The molecule has 6 N–H and O–H groups in total. The summed E-state index contributed by atoms with van der Waals surface area (Å²) < 4.78 is 4.39. The first-order chi connectivity index (χ1) is 30.7. The van der Waals surface area contributed by atoms with Gasteiger partial charge in [-0.1, -0.05) is 60.7 Å². The fraction of sp³-hybridized carbons (Fsp3) is 0.444. The van der Waals surface area contributed by atoms with Crippen molar-refractivity contribution in [3.8, 4) is 11.5 Å². The first-order valence-corrected chi connectivity index (χ1v) is 23.5.